The van der Waals surface area contributed by atoms with E-state index < -0.39 is 0 Å². The molecule has 1 aromatic heterocycles. The van der Waals surface area contributed by atoms with E-state index in [-0.39, 0.29) is 6.04 Å². The van der Waals surface area contributed by atoms with Gasteiger partial charge in [-0.2, -0.15) is 0 Å². The molecule has 2 aromatic rings. The van der Waals surface area contributed by atoms with Crippen molar-refractivity contribution in [2.75, 3.05) is 13.7 Å². The van der Waals surface area contributed by atoms with E-state index >= 15 is 0 Å². The van der Waals surface area contributed by atoms with Gasteiger partial charge in [0.2, 0.25) is 0 Å². The summed E-state index contributed by atoms with van der Waals surface area (Å²) in [6.07, 6.45) is 2.08. The molecular weight excluding hydrogens is 214 g/mol. The molecule has 1 atom stereocenters. The van der Waals surface area contributed by atoms with E-state index in [4.69, 9.17) is 16.2 Å². The van der Waals surface area contributed by atoms with Crippen LogP contribution in [0.25, 0.3) is 10.9 Å². The van der Waals surface area contributed by atoms with Crippen LogP contribution in [0.3, 0.4) is 0 Å². The van der Waals surface area contributed by atoms with E-state index in [1.807, 2.05) is 12.1 Å². The van der Waals surface area contributed by atoms with Crippen LogP contribution in [0, 0.1) is 0 Å². The molecule has 0 fully saturated rings. The van der Waals surface area contributed by atoms with Crippen LogP contribution in [0.5, 0.6) is 5.75 Å². The van der Waals surface area contributed by atoms with Crippen molar-refractivity contribution >= 4 is 10.9 Å². The van der Waals surface area contributed by atoms with Crippen LogP contribution in [-0.4, -0.2) is 18.2 Å². The van der Waals surface area contributed by atoms with E-state index in [1.54, 1.807) is 7.11 Å². The summed E-state index contributed by atoms with van der Waals surface area (Å²) in [5, 5.41) is 1.13. The van der Waals surface area contributed by atoms with Crippen LogP contribution in [0.1, 0.15) is 18.5 Å². The molecule has 0 bridgehead atoms. The standard InChI is InChI=1S/C13H19N3O/c1-3-16-8-11(12(15)7-14)10-6-9(17-2)4-5-13(10)16/h4-6,8,12H,3,7,14-15H2,1-2H3. The largest absolute Gasteiger partial charge is 0.497 e. The minimum absolute atomic E-state index is 0.127. The number of methoxy groups -OCH3 is 1. The Morgan fingerprint density at radius 3 is 2.76 bits per heavy atom. The van der Waals surface area contributed by atoms with Crippen molar-refractivity contribution in [3.05, 3.63) is 30.0 Å². The minimum Gasteiger partial charge on any atom is -0.497 e. The molecule has 1 heterocycles. The Kier molecular flexibility index (Phi) is 3.36. The summed E-state index contributed by atoms with van der Waals surface area (Å²) in [7, 11) is 1.67. The first-order chi connectivity index (χ1) is 8.21. The van der Waals surface area contributed by atoms with Crippen LogP contribution in [-0.2, 0) is 6.54 Å². The first-order valence-electron chi connectivity index (χ1n) is 5.83. The summed E-state index contributed by atoms with van der Waals surface area (Å²) in [5.41, 5.74) is 14.0. The first kappa shape index (κ1) is 12.0. The van der Waals surface area contributed by atoms with Gasteiger partial charge in [0, 0.05) is 36.2 Å². The van der Waals surface area contributed by atoms with E-state index in [9.17, 15) is 0 Å². The highest BCUT2D eigenvalue weighted by atomic mass is 16.5. The van der Waals surface area contributed by atoms with Crippen molar-refractivity contribution in [3.8, 4) is 5.75 Å². The first-order valence-corrected chi connectivity index (χ1v) is 5.83. The molecule has 17 heavy (non-hydrogen) atoms. The number of rotatable bonds is 4. The monoisotopic (exact) mass is 233 g/mol. The summed E-state index contributed by atoms with van der Waals surface area (Å²) in [4.78, 5) is 0. The molecule has 4 heteroatoms. The Morgan fingerprint density at radius 2 is 2.18 bits per heavy atom. The average Bonchev–Trinajstić information content (AvgIpc) is 2.75. The SMILES string of the molecule is CCn1cc(C(N)CN)c2cc(OC)ccc21. The fourth-order valence-electron chi connectivity index (χ4n) is 2.11. The molecule has 0 saturated heterocycles. The van der Waals surface area contributed by atoms with Crippen molar-refractivity contribution in [2.24, 2.45) is 11.5 Å². The second-order valence-corrected chi connectivity index (χ2v) is 4.10. The van der Waals surface area contributed by atoms with Gasteiger partial charge in [-0.05, 0) is 30.7 Å². The summed E-state index contributed by atoms with van der Waals surface area (Å²) in [6, 6.07) is 5.92. The fraction of sp³-hybridized carbons (Fsp3) is 0.385. The lowest BCUT2D eigenvalue weighted by atomic mass is 10.1. The number of aryl methyl sites for hydroxylation is 1. The van der Waals surface area contributed by atoms with Gasteiger partial charge in [0.25, 0.3) is 0 Å². The van der Waals surface area contributed by atoms with E-state index in [2.05, 4.69) is 23.8 Å². The predicted octanol–water partition coefficient (Wildman–Crippen LogP) is 1.63. The Hall–Kier alpha value is -1.52. The molecule has 0 saturated carbocycles. The van der Waals surface area contributed by atoms with Crippen molar-refractivity contribution in [1.29, 1.82) is 0 Å². The Labute approximate surface area is 101 Å². The lowest BCUT2D eigenvalue weighted by Crippen LogP contribution is -2.20. The van der Waals surface area contributed by atoms with E-state index in [0.29, 0.717) is 6.54 Å². The van der Waals surface area contributed by atoms with Gasteiger partial charge in [0.1, 0.15) is 5.75 Å². The van der Waals surface area contributed by atoms with Crippen molar-refractivity contribution < 1.29 is 4.74 Å². The molecule has 4 N–H and O–H groups in total. The quantitative estimate of drug-likeness (QED) is 0.843. The molecular formula is C13H19N3O. The fourth-order valence-corrected chi connectivity index (χ4v) is 2.11. The zero-order chi connectivity index (χ0) is 12.4. The molecule has 0 aliphatic heterocycles. The molecule has 1 unspecified atom stereocenters. The Morgan fingerprint density at radius 1 is 1.41 bits per heavy atom. The van der Waals surface area contributed by atoms with Crippen LogP contribution < -0.4 is 16.2 Å². The summed E-state index contributed by atoms with van der Waals surface area (Å²) in [6.45, 7) is 3.47. The zero-order valence-electron chi connectivity index (χ0n) is 10.3. The molecule has 2 rings (SSSR count). The van der Waals surface area contributed by atoms with Gasteiger partial charge >= 0.3 is 0 Å². The second-order valence-electron chi connectivity index (χ2n) is 4.10. The van der Waals surface area contributed by atoms with Gasteiger partial charge in [-0.15, -0.1) is 0 Å². The maximum atomic E-state index is 6.04. The third kappa shape index (κ3) is 2.01. The maximum Gasteiger partial charge on any atom is 0.119 e. The summed E-state index contributed by atoms with van der Waals surface area (Å²) < 4.78 is 7.43. The average molecular weight is 233 g/mol. The number of hydrogen-bond acceptors (Lipinski definition) is 3. The Balaban J connectivity index is 2.65. The molecule has 4 nitrogen and oxygen atoms in total. The molecule has 0 radical (unpaired) electrons. The molecule has 0 amide bonds. The number of ether oxygens (including phenoxy) is 1. The third-order valence-electron chi connectivity index (χ3n) is 3.11. The maximum absolute atomic E-state index is 6.04. The number of nitrogens with two attached hydrogens (primary N) is 2. The lowest BCUT2D eigenvalue weighted by molar-refractivity contribution is 0.415. The molecule has 0 aliphatic rings. The summed E-state index contributed by atoms with van der Waals surface area (Å²) >= 11 is 0. The highest BCUT2D eigenvalue weighted by Crippen LogP contribution is 2.28. The normalized spacial score (nSPS) is 12.9. The minimum atomic E-state index is -0.127. The van der Waals surface area contributed by atoms with Crippen LogP contribution in [0.4, 0.5) is 0 Å². The Bertz CT molecular complexity index is 519. The smallest absolute Gasteiger partial charge is 0.119 e. The third-order valence-corrected chi connectivity index (χ3v) is 3.11. The predicted molar refractivity (Wildman–Crippen MR) is 70.1 cm³/mol. The zero-order valence-corrected chi connectivity index (χ0v) is 10.3. The number of nitrogens with zero attached hydrogens (tertiary/aromatic N) is 1. The second kappa shape index (κ2) is 4.77. The van der Waals surface area contributed by atoms with Gasteiger partial charge in [0.05, 0.1) is 7.11 Å². The highest BCUT2D eigenvalue weighted by molar-refractivity contribution is 5.86. The van der Waals surface area contributed by atoms with Crippen LogP contribution in [0.2, 0.25) is 0 Å². The van der Waals surface area contributed by atoms with Crippen molar-refractivity contribution in [1.82, 2.24) is 4.57 Å². The number of hydrogen-bond donors (Lipinski definition) is 2. The molecule has 0 aliphatic carbocycles. The molecule has 1 aromatic carbocycles. The highest BCUT2D eigenvalue weighted by Gasteiger charge is 2.13. The molecule has 92 valence electrons. The van der Waals surface area contributed by atoms with Crippen molar-refractivity contribution in [3.63, 3.8) is 0 Å². The van der Waals surface area contributed by atoms with Crippen LogP contribution >= 0.6 is 0 Å². The number of fused-ring (bicyclic) bond motifs is 1. The van der Waals surface area contributed by atoms with Crippen LogP contribution in [0.15, 0.2) is 24.4 Å². The van der Waals surface area contributed by atoms with E-state index in [0.717, 1.165) is 23.2 Å². The van der Waals surface area contributed by atoms with Gasteiger partial charge < -0.3 is 20.8 Å². The summed E-state index contributed by atoms with van der Waals surface area (Å²) in [5.74, 6) is 0.844. The topological polar surface area (TPSA) is 66.2 Å². The van der Waals surface area contributed by atoms with E-state index in [1.165, 1.54) is 5.52 Å². The molecule has 0 spiro atoms. The van der Waals surface area contributed by atoms with Gasteiger partial charge in [-0.3, -0.25) is 0 Å². The van der Waals surface area contributed by atoms with Gasteiger partial charge in [-0.25, -0.2) is 0 Å². The lowest BCUT2D eigenvalue weighted by Gasteiger charge is -2.07. The van der Waals surface area contributed by atoms with Crippen molar-refractivity contribution in [2.45, 2.75) is 19.5 Å². The van der Waals surface area contributed by atoms with Gasteiger partial charge in [0.15, 0.2) is 0 Å². The number of benzene rings is 1. The van der Waals surface area contributed by atoms with Gasteiger partial charge in [-0.1, -0.05) is 0 Å². The number of aromatic nitrogens is 1.